The third-order valence-electron chi connectivity index (χ3n) is 0.753. The van der Waals surface area contributed by atoms with Crippen LogP contribution >= 0.6 is 0 Å². The third-order valence-corrected chi connectivity index (χ3v) is 0.753. The van der Waals surface area contributed by atoms with Gasteiger partial charge in [-0.2, -0.15) is 0 Å². The first kappa shape index (κ1) is 8.69. The number of rotatable bonds is 4. The molecule has 0 aromatic carbocycles. The monoisotopic (exact) mass is 138 g/mol. The molecule has 54 valence electrons. The number of ether oxygens (including phenoxy) is 1. The molecule has 0 aliphatic rings. The molecule has 0 rings (SSSR count). The Morgan fingerprint density at radius 2 is 2.00 bits per heavy atom. The van der Waals surface area contributed by atoms with Crippen LogP contribution in [0.1, 0.15) is 6.92 Å². The third kappa shape index (κ3) is 4.84. The summed E-state index contributed by atoms with van der Waals surface area (Å²) >= 11 is 0. The molecule has 0 radical (unpaired) electrons. The SMILES string of the molecule is C=C(C)/C=C\C(=C)OC=O. The number of hydrogen-bond acceptors (Lipinski definition) is 2. The van der Waals surface area contributed by atoms with Crippen molar-refractivity contribution in [2.45, 2.75) is 6.92 Å². The van der Waals surface area contributed by atoms with Crippen LogP contribution in [0.2, 0.25) is 0 Å². The van der Waals surface area contributed by atoms with E-state index in [-0.39, 0.29) is 0 Å². The van der Waals surface area contributed by atoms with Crippen molar-refractivity contribution in [2.24, 2.45) is 0 Å². The van der Waals surface area contributed by atoms with Gasteiger partial charge in [-0.05, 0) is 13.0 Å². The number of carbonyl (C=O) groups excluding carboxylic acids is 1. The highest BCUT2D eigenvalue weighted by Gasteiger charge is 1.83. The topological polar surface area (TPSA) is 26.3 Å². The largest absolute Gasteiger partial charge is 0.429 e. The van der Waals surface area contributed by atoms with Gasteiger partial charge in [-0.15, -0.1) is 0 Å². The molecule has 2 nitrogen and oxygen atoms in total. The lowest BCUT2D eigenvalue weighted by molar-refractivity contribution is -0.124. The summed E-state index contributed by atoms with van der Waals surface area (Å²) in [5, 5.41) is 0. The second kappa shape index (κ2) is 4.56. The van der Waals surface area contributed by atoms with Crippen molar-refractivity contribution >= 4 is 6.47 Å². The summed E-state index contributed by atoms with van der Waals surface area (Å²) < 4.78 is 4.39. The molecule has 2 heteroatoms. The van der Waals surface area contributed by atoms with Crippen molar-refractivity contribution < 1.29 is 9.53 Å². The first-order chi connectivity index (χ1) is 4.66. The van der Waals surface area contributed by atoms with Crippen LogP contribution in [0, 0.1) is 0 Å². The Balaban J connectivity index is 3.77. The Bertz CT molecular complexity index is 178. The summed E-state index contributed by atoms with van der Waals surface area (Å²) in [7, 11) is 0. The molecule has 10 heavy (non-hydrogen) atoms. The molecular weight excluding hydrogens is 128 g/mol. The van der Waals surface area contributed by atoms with E-state index in [1.54, 1.807) is 12.2 Å². The maximum absolute atomic E-state index is 9.72. The number of hydrogen-bond donors (Lipinski definition) is 0. The summed E-state index contributed by atoms with van der Waals surface area (Å²) in [6.07, 6.45) is 3.29. The molecule has 0 fully saturated rings. The van der Waals surface area contributed by atoms with E-state index in [4.69, 9.17) is 0 Å². The summed E-state index contributed by atoms with van der Waals surface area (Å²) in [5.74, 6) is 0.318. The van der Waals surface area contributed by atoms with E-state index in [1.807, 2.05) is 6.92 Å². The standard InChI is InChI=1S/C8H10O2/c1-7(2)4-5-8(3)10-6-9/h4-6H,1,3H2,2H3/b5-4-. The Morgan fingerprint density at radius 1 is 1.40 bits per heavy atom. The van der Waals surface area contributed by atoms with Crippen LogP contribution in [0.25, 0.3) is 0 Å². The zero-order chi connectivity index (χ0) is 7.98. The highest BCUT2D eigenvalue weighted by atomic mass is 16.5. The molecule has 0 saturated carbocycles. The molecule has 0 spiro atoms. The predicted molar refractivity (Wildman–Crippen MR) is 40.2 cm³/mol. The molecule has 0 saturated heterocycles. The molecule has 0 amide bonds. The van der Waals surface area contributed by atoms with E-state index in [0.717, 1.165) is 5.57 Å². The first-order valence-electron chi connectivity index (χ1n) is 2.79. The Morgan fingerprint density at radius 3 is 2.40 bits per heavy atom. The second-order valence-corrected chi connectivity index (χ2v) is 1.86. The highest BCUT2D eigenvalue weighted by molar-refractivity contribution is 5.41. The quantitative estimate of drug-likeness (QED) is 0.336. The Hall–Kier alpha value is -1.31. The van der Waals surface area contributed by atoms with Crippen molar-refractivity contribution in [3.05, 3.63) is 36.6 Å². The molecular formula is C8H10O2. The van der Waals surface area contributed by atoms with Gasteiger partial charge in [0, 0.05) is 0 Å². The van der Waals surface area contributed by atoms with Crippen molar-refractivity contribution in [1.82, 2.24) is 0 Å². The number of allylic oxidation sites excluding steroid dienone is 3. The van der Waals surface area contributed by atoms with Crippen molar-refractivity contribution in [3.63, 3.8) is 0 Å². The van der Waals surface area contributed by atoms with Crippen LogP contribution in [0.15, 0.2) is 36.6 Å². The summed E-state index contributed by atoms with van der Waals surface area (Å²) in [4.78, 5) is 9.72. The highest BCUT2D eigenvalue weighted by Crippen LogP contribution is 1.96. The molecule has 0 N–H and O–H groups in total. The molecule has 0 aliphatic heterocycles. The minimum atomic E-state index is 0.318. The second-order valence-electron chi connectivity index (χ2n) is 1.86. The maximum atomic E-state index is 9.72. The lowest BCUT2D eigenvalue weighted by Gasteiger charge is -1.92. The zero-order valence-corrected chi connectivity index (χ0v) is 5.96. The van der Waals surface area contributed by atoms with Gasteiger partial charge in [0.25, 0.3) is 6.47 Å². The van der Waals surface area contributed by atoms with Gasteiger partial charge in [-0.1, -0.05) is 24.8 Å². The van der Waals surface area contributed by atoms with E-state index in [2.05, 4.69) is 17.9 Å². The summed E-state index contributed by atoms with van der Waals surface area (Å²) in [6, 6.07) is 0. The van der Waals surface area contributed by atoms with Crippen LogP contribution in [0.3, 0.4) is 0 Å². The Kier molecular flexibility index (Phi) is 3.96. The van der Waals surface area contributed by atoms with Gasteiger partial charge >= 0.3 is 0 Å². The molecule has 0 aromatic rings. The van der Waals surface area contributed by atoms with E-state index >= 15 is 0 Å². The zero-order valence-electron chi connectivity index (χ0n) is 5.96. The van der Waals surface area contributed by atoms with Gasteiger partial charge in [0.15, 0.2) is 0 Å². The first-order valence-corrected chi connectivity index (χ1v) is 2.79. The van der Waals surface area contributed by atoms with E-state index in [9.17, 15) is 4.79 Å². The molecule has 0 bridgehead atoms. The van der Waals surface area contributed by atoms with Crippen LogP contribution in [0.5, 0.6) is 0 Å². The van der Waals surface area contributed by atoms with Crippen molar-refractivity contribution in [3.8, 4) is 0 Å². The summed E-state index contributed by atoms with van der Waals surface area (Å²) in [5.41, 5.74) is 0.885. The Labute approximate surface area is 60.5 Å². The van der Waals surface area contributed by atoms with Gasteiger partial charge in [-0.25, -0.2) is 0 Å². The molecule has 0 unspecified atom stereocenters. The van der Waals surface area contributed by atoms with E-state index < -0.39 is 0 Å². The fourth-order valence-corrected chi connectivity index (χ4v) is 0.336. The number of carbonyl (C=O) groups is 1. The minimum Gasteiger partial charge on any atom is -0.429 e. The van der Waals surface area contributed by atoms with E-state index in [1.165, 1.54) is 0 Å². The van der Waals surface area contributed by atoms with Crippen LogP contribution in [0.4, 0.5) is 0 Å². The van der Waals surface area contributed by atoms with Crippen LogP contribution in [-0.2, 0) is 9.53 Å². The van der Waals surface area contributed by atoms with Crippen LogP contribution < -0.4 is 0 Å². The fraction of sp³-hybridized carbons (Fsp3) is 0.125. The van der Waals surface area contributed by atoms with Gasteiger partial charge in [0.2, 0.25) is 0 Å². The van der Waals surface area contributed by atoms with Gasteiger partial charge < -0.3 is 4.74 Å². The average molecular weight is 138 g/mol. The van der Waals surface area contributed by atoms with E-state index in [0.29, 0.717) is 12.2 Å². The van der Waals surface area contributed by atoms with Gasteiger partial charge in [0.05, 0.1) is 0 Å². The summed E-state index contributed by atoms with van der Waals surface area (Å²) in [6.45, 7) is 9.23. The lowest BCUT2D eigenvalue weighted by Crippen LogP contribution is -1.81. The predicted octanol–water partition coefficient (Wildman–Crippen LogP) is 1.81. The average Bonchev–Trinajstić information content (AvgIpc) is 1.85. The van der Waals surface area contributed by atoms with Gasteiger partial charge in [-0.3, -0.25) is 4.79 Å². The van der Waals surface area contributed by atoms with Crippen LogP contribution in [-0.4, -0.2) is 6.47 Å². The molecule has 0 aromatic heterocycles. The lowest BCUT2D eigenvalue weighted by atomic mass is 10.3. The maximum Gasteiger partial charge on any atom is 0.298 e. The smallest absolute Gasteiger partial charge is 0.298 e. The van der Waals surface area contributed by atoms with Crippen molar-refractivity contribution in [2.75, 3.05) is 0 Å². The van der Waals surface area contributed by atoms with Crippen molar-refractivity contribution in [1.29, 1.82) is 0 Å². The fourth-order valence-electron chi connectivity index (χ4n) is 0.336. The molecule has 0 heterocycles. The minimum absolute atomic E-state index is 0.318. The molecule has 0 aliphatic carbocycles. The molecule has 0 atom stereocenters. The normalized spacial score (nSPS) is 9.30. The van der Waals surface area contributed by atoms with Gasteiger partial charge in [0.1, 0.15) is 5.76 Å².